The van der Waals surface area contributed by atoms with Gasteiger partial charge in [-0.2, -0.15) is 0 Å². The van der Waals surface area contributed by atoms with Crippen LogP contribution in [0.4, 0.5) is 17.1 Å². The molecule has 1 saturated carbocycles. The van der Waals surface area contributed by atoms with Gasteiger partial charge in [-0.15, -0.1) is 0 Å². The predicted octanol–water partition coefficient (Wildman–Crippen LogP) is 6.07. The van der Waals surface area contributed by atoms with Crippen LogP contribution in [0.3, 0.4) is 0 Å². The van der Waals surface area contributed by atoms with Gasteiger partial charge in [0, 0.05) is 63.6 Å². The van der Waals surface area contributed by atoms with Gasteiger partial charge in [-0.05, 0) is 65.6 Å². The Labute approximate surface area is 231 Å². The summed E-state index contributed by atoms with van der Waals surface area (Å²) in [4.78, 5) is 33.1. The van der Waals surface area contributed by atoms with Crippen molar-refractivity contribution in [1.82, 2.24) is 0 Å². The van der Waals surface area contributed by atoms with E-state index in [1.807, 2.05) is 80.6 Å². The third-order valence-corrected chi connectivity index (χ3v) is 7.59. The molecular formula is C34H35N3O2. The molecule has 3 aromatic rings. The van der Waals surface area contributed by atoms with Crippen molar-refractivity contribution < 1.29 is 9.59 Å². The lowest BCUT2D eigenvalue weighted by atomic mass is 9.69. The zero-order valence-corrected chi connectivity index (χ0v) is 23.3. The summed E-state index contributed by atoms with van der Waals surface area (Å²) in [6.07, 6.45) is 7.72. The van der Waals surface area contributed by atoms with Crippen molar-refractivity contribution in [3.05, 3.63) is 114 Å². The summed E-state index contributed by atoms with van der Waals surface area (Å²) in [6.45, 7) is 2.95. The van der Waals surface area contributed by atoms with Gasteiger partial charge in [0.2, 0.25) is 0 Å². The summed E-state index contributed by atoms with van der Waals surface area (Å²) in [7, 11) is 8.02. The highest BCUT2D eigenvalue weighted by Crippen LogP contribution is 2.38. The molecule has 1 aliphatic heterocycles. The third kappa shape index (κ3) is 5.05. The average molecular weight is 518 g/mol. The number of anilines is 3. The summed E-state index contributed by atoms with van der Waals surface area (Å²) in [6, 6.07) is 24.6. The number of carbonyl (C=O) groups is 2. The average Bonchev–Trinajstić information content (AvgIpc) is 2.96. The molecule has 0 saturated heterocycles. The molecule has 0 atom stereocenters. The first-order chi connectivity index (χ1) is 18.8. The second kappa shape index (κ2) is 10.8. The summed E-state index contributed by atoms with van der Waals surface area (Å²) >= 11 is 0. The van der Waals surface area contributed by atoms with Crippen LogP contribution in [0.5, 0.6) is 0 Å². The van der Waals surface area contributed by atoms with Gasteiger partial charge in [-0.3, -0.25) is 9.59 Å². The highest BCUT2D eigenvalue weighted by Gasteiger charge is 2.46. The standard InChI is InChI=1S/C34H35N3O2/c1-6-37-20-19-25(28-9-7-8-10-32(28)37)21-30-33(38)31(34(30)39)22-29(23-11-15-26(16-12-23)35(2)3)24-13-17-27(18-14-24)36(4)5/h7-22,30-31H,6H2,1-5H3/b25-21-. The summed E-state index contributed by atoms with van der Waals surface area (Å²) in [5, 5.41) is 0. The molecule has 0 unspecified atom stereocenters. The Morgan fingerprint density at radius 1 is 0.769 bits per heavy atom. The minimum atomic E-state index is -0.751. The van der Waals surface area contributed by atoms with E-state index in [1.54, 1.807) is 0 Å². The highest BCUT2D eigenvalue weighted by atomic mass is 16.2. The topological polar surface area (TPSA) is 43.9 Å². The van der Waals surface area contributed by atoms with Crippen LogP contribution in [0.2, 0.25) is 0 Å². The zero-order valence-electron chi connectivity index (χ0n) is 23.3. The number of Topliss-reactive ketones (excluding diaryl/α,β-unsaturated/α-hetero) is 2. The Bertz CT molecular complexity index is 1410. The van der Waals surface area contributed by atoms with Crippen LogP contribution in [-0.2, 0) is 9.59 Å². The second-order valence-corrected chi connectivity index (χ2v) is 10.5. The number of ketones is 2. The van der Waals surface area contributed by atoms with Gasteiger partial charge in [-0.1, -0.05) is 54.6 Å². The first kappa shape index (κ1) is 26.2. The summed E-state index contributed by atoms with van der Waals surface area (Å²) < 4.78 is 0. The Morgan fingerprint density at radius 3 is 1.82 bits per heavy atom. The van der Waals surface area contributed by atoms with Crippen molar-refractivity contribution in [2.45, 2.75) is 6.92 Å². The zero-order chi connectivity index (χ0) is 27.7. The van der Waals surface area contributed by atoms with E-state index in [2.05, 4.69) is 66.4 Å². The molecule has 5 heteroatoms. The van der Waals surface area contributed by atoms with E-state index in [0.717, 1.165) is 51.4 Å². The number of nitrogens with zero attached hydrogens (tertiary/aromatic N) is 3. The van der Waals surface area contributed by atoms with Crippen LogP contribution in [0.15, 0.2) is 97.2 Å². The number of fused-ring (bicyclic) bond motifs is 1. The minimum Gasteiger partial charge on any atom is -0.378 e. The Morgan fingerprint density at radius 2 is 1.31 bits per heavy atom. The van der Waals surface area contributed by atoms with E-state index in [0.29, 0.717) is 0 Å². The van der Waals surface area contributed by atoms with Gasteiger partial charge in [0.05, 0.1) is 11.8 Å². The van der Waals surface area contributed by atoms with E-state index < -0.39 is 11.8 Å². The largest absolute Gasteiger partial charge is 0.378 e. The number of hydrogen-bond acceptors (Lipinski definition) is 5. The van der Waals surface area contributed by atoms with Crippen molar-refractivity contribution >= 4 is 39.8 Å². The SMILES string of the molecule is CCN1C=C/C(=C/C2C(=O)C(C=C(c3ccc(N(C)C)cc3)c3ccc(N(C)C)cc3)C2=O)c2ccccc21. The maximum absolute atomic E-state index is 13.4. The highest BCUT2D eigenvalue weighted by molar-refractivity contribution is 6.27. The van der Waals surface area contributed by atoms with Crippen molar-refractivity contribution in [2.24, 2.45) is 11.8 Å². The van der Waals surface area contributed by atoms with Crippen molar-refractivity contribution in [3.63, 3.8) is 0 Å². The van der Waals surface area contributed by atoms with Crippen LogP contribution in [0.1, 0.15) is 23.6 Å². The monoisotopic (exact) mass is 517 g/mol. The molecule has 1 fully saturated rings. The van der Waals surface area contributed by atoms with Crippen LogP contribution in [0.25, 0.3) is 11.1 Å². The second-order valence-electron chi connectivity index (χ2n) is 10.5. The van der Waals surface area contributed by atoms with Gasteiger partial charge in [0.1, 0.15) is 0 Å². The summed E-state index contributed by atoms with van der Waals surface area (Å²) in [5.74, 6) is -1.58. The Hall–Kier alpha value is -4.38. The molecule has 1 aliphatic carbocycles. The lowest BCUT2D eigenvalue weighted by molar-refractivity contribution is -0.145. The first-order valence-electron chi connectivity index (χ1n) is 13.4. The first-order valence-corrected chi connectivity index (χ1v) is 13.4. The number of benzene rings is 3. The van der Waals surface area contributed by atoms with Gasteiger partial charge >= 0.3 is 0 Å². The molecule has 1 heterocycles. The van der Waals surface area contributed by atoms with Gasteiger partial charge in [-0.25, -0.2) is 0 Å². The van der Waals surface area contributed by atoms with Gasteiger partial charge in [0.25, 0.3) is 0 Å². The number of allylic oxidation sites excluding steroid dienone is 4. The quantitative estimate of drug-likeness (QED) is 0.356. The minimum absolute atomic E-state index is 0.0522. The molecule has 2 aliphatic rings. The fourth-order valence-electron chi connectivity index (χ4n) is 5.21. The fraction of sp³-hybridized carbons (Fsp3) is 0.235. The van der Waals surface area contributed by atoms with Crippen LogP contribution >= 0.6 is 0 Å². The Balaban J connectivity index is 1.47. The number of para-hydroxylation sites is 1. The molecule has 198 valence electrons. The maximum atomic E-state index is 13.4. The van der Waals surface area contributed by atoms with Crippen molar-refractivity contribution in [1.29, 1.82) is 0 Å². The molecule has 3 aromatic carbocycles. The van der Waals surface area contributed by atoms with Crippen LogP contribution in [0, 0.1) is 11.8 Å². The molecule has 0 spiro atoms. The van der Waals surface area contributed by atoms with E-state index in [1.165, 1.54) is 0 Å². The third-order valence-electron chi connectivity index (χ3n) is 7.59. The lowest BCUT2D eigenvalue weighted by Gasteiger charge is -2.31. The molecule has 0 N–H and O–H groups in total. The normalized spacial score (nSPS) is 19.0. The smallest absolute Gasteiger partial charge is 0.161 e. The van der Waals surface area contributed by atoms with E-state index in [-0.39, 0.29) is 11.6 Å². The molecule has 5 nitrogen and oxygen atoms in total. The van der Waals surface area contributed by atoms with E-state index in [9.17, 15) is 9.59 Å². The predicted molar refractivity (Wildman–Crippen MR) is 162 cm³/mol. The lowest BCUT2D eigenvalue weighted by Crippen LogP contribution is -2.46. The molecule has 39 heavy (non-hydrogen) atoms. The number of rotatable bonds is 7. The van der Waals surface area contributed by atoms with Gasteiger partial charge < -0.3 is 14.7 Å². The molecule has 5 rings (SSSR count). The van der Waals surface area contributed by atoms with Crippen molar-refractivity contribution in [3.8, 4) is 0 Å². The molecule has 0 bridgehead atoms. The van der Waals surface area contributed by atoms with Crippen LogP contribution < -0.4 is 14.7 Å². The van der Waals surface area contributed by atoms with E-state index in [4.69, 9.17) is 0 Å². The number of hydrogen-bond donors (Lipinski definition) is 0. The molecule has 0 amide bonds. The van der Waals surface area contributed by atoms with Crippen LogP contribution in [-0.4, -0.2) is 46.3 Å². The summed E-state index contributed by atoms with van der Waals surface area (Å²) in [5.41, 5.74) is 8.08. The van der Waals surface area contributed by atoms with E-state index >= 15 is 0 Å². The molecular weight excluding hydrogens is 482 g/mol. The molecule has 0 aromatic heterocycles. The maximum Gasteiger partial charge on any atom is 0.161 e. The van der Waals surface area contributed by atoms with Gasteiger partial charge in [0.15, 0.2) is 11.6 Å². The number of carbonyl (C=O) groups excluding carboxylic acids is 2. The fourth-order valence-corrected chi connectivity index (χ4v) is 5.21. The molecule has 0 radical (unpaired) electrons. The van der Waals surface area contributed by atoms with Crippen molar-refractivity contribution in [2.75, 3.05) is 49.4 Å². The Kier molecular flexibility index (Phi) is 7.25.